The molecule has 46 heavy (non-hydrogen) atoms. The van der Waals surface area contributed by atoms with Gasteiger partial charge in [-0.1, -0.05) is 11.3 Å². The Morgan fingerprint density at radius 1 is 0.957 bits per heavy atom. The zero-order chi connectivity index (χ0) is 32.2. The fraction of sp³-hybridized carbons (Fsp3) is 0.676. The molecule has 2 saturated heterocycles. The number of carbonyl (C=O) groups is 3. The Morgan fingerprint density at radius 3 is 2.57 bits per heavy atom. The molecule has 250 valence electrons. The number of amides is 3. The van der Waals surface area contributed by atoms with Gasteiger partial charge < -0.3 is 30.3 Å². The largest absolute Gasteiger partial charge is 0.493 e. The van der Waals surface area contributed by atoms with Crippen LogP contribution in [0.5, 0.6) is 11.5 Å². The normalized spacial score (nSPS) is 27.8. The lowest BCUT2D eigenvalue weighted by molar-refractivity contribution is -0.140. The highest BCUT2D eigenvalue weighted by Gasteiger charge is 2.44. The van der Waals surface area contributed by atoms with Gasteiger partial charge >= 0.3 is 0 Å². The van der Waals surface area contributed by atoms with Crippen LogP contribution in [-0.2, 0) is 22.4 Å². The van der Waals surface area contributed by atoms with Gasteiger partial charge in [0.1, 0.15) is 0 Å². The van der Waals surface area contributed by atoms with Gasteiger partial charge in [-0.15, -0.1) is 5.10 Å². The van der Waals surface area contributed by atoms with Gasteiger partial charge in [-0.05, 0) is 93.2 Å². The van der Waals surface area contributed by atoms with Crippen LogP contribution in [0.25, 0.3) is 0 Å². The van der Waals surface area contributed by atoms with Crippen LogP contribution in [0.2, 0.25) is 0 Å². The Labute approximate surface area is 271 Å². The molecule has 6 rings (SSSR count). The van der Waals surface area contributed by atoms with Gasteiger partial charge in [0.15, 0.2) is 17.2 Å². The maximum atomic E-state index is 13.9. The van der Waals surface area contributed by atoms with Crippen LogP contribution >= 0.6 is 0 Å². The van der Waals surface area contributed by atoms with Crippen LogP contribution < -0.4 is 20.5 Å². The first-order valence-electron chi connectivity index (χ1n) is 17.1. The Hall–Kier alpha value is -3.67. The first-order valence-corrected chi connectivity index (χ1v) is 17.1. The summed E-state index contributed by atoms with van der Waals surface area (Å²) in [7, 11) is 3.26. The van der Waals surface area contributed by atoms with Crippen molar-refractivity contribution in [3.63, 3.8) is 0 Å². The SMILES string of the molecule is COc1cc2cc(c1OC)CCCNC(=O)CCC[C@H]1[C@@H]3C[C@@H](CN(C(=O)c4cn(C5CCC(N)CC5)nn4)C3)CN1C(=O)CC2. The number of hydrogen-bond acceptors (Lipinski definition) is 8. The van der Waals surface area contributed by atoms with Crippen LogP contribution in [-0.4, -0.2) is 95.0 Å². The third kappa shape index (κ3) is 7.16. The second kappa shape index (κ2) is 14.4. The predicted octanol–water partition coefficient (Wildman–Crippen LogP) is 2.89. The molecule has 4 aliphatic rings. The van der Waals surface area contributed by atoms with E-state index in [2.05, 4.69) is 26.6 Å². The summed E-state index contributed by atoms with van der Waals surface area (Å²) >= 11 is 0. The van der Waals surface area contributed by atoms with Gasteiger partial charge in [0, 0.05) is 51.1 Å². The average Bonchev–Trinajstić information content (AvgIpc) is 3.56. The standard InChI is InChI=1S/C34H49N7O5/c1-45-30-17-22-8-13-32(43)40-19-23-16-25(29(40)6-3-7-31(42)36-14-4-5-24(15-22)33(30)46-2)20-39(18-23)34(44)28-21-41(38-37-28)27-11-9-26(35)10-12-27/h15,17,21,23,25-27,29H,3-14,16,18-20,35H2,1-2H3,(H,36,42)/t23-,25+,26?,27?,29-/m0/s1. The van der Waals surface area contributed by atoms with Crippen LogP contribution in [0, 0.1) is 11.8 Å². The quantitative estimate of drug-likeness (QED) is 0.522. The highest BCUT2D eigenvalue weighted by molar-refractivity contribution is 5.92. The number of benzene rings is 1. The number of hydrogen-bond donors (Lipinski definition) is 2. The summed E-state index contributed by atoms with van der Waals surface area (Å²) in [4.78, 5) is 44.3. The molecule has 12 nitrogen and oxygen atoms in total. The lowest BCUT2D eigenvalue weighted by Crippen LogP contribution is -2.60. The number of fused-ring (bicyclic) bond motifs is 6. The van der Waals surface area contributed by atoms with E-state index in [0.29, 0.717) is 69.1 Å². The van der Waals surface area contributed by atoms with Crippen LogP contribution in [0.15, 0.2) is 18.3 Å². The Balaban J connectivity index is 1.18. The van der Waals surface area contributed by atoms with E-state index < -0.39 is 0 Å². The van der Waals surface area contributed by atoms with Crippen molar-refractivity contribution >= 4 is 17.7 Å². The van der Waals surface area contributed by atoms with Crippen molar-refractivity contribution in [1.82, 2.24) is 30.1 Å². The number of likely N-dealkylation sites (tertiary alicyclic amines) is 1. The maximum Gasteiger partial charge on any atom is 0.276 e. The lowest BCUT2D eigenvalue weighted by Gasteiger charge is -2.51. The smallest absolute Gasteiger partial charge is 0.276 e. The molecule has 0 radical (unpaired) electrons. The highest BCUT2D eigenvalue weighted by Crippen LogP contribution is 2.38. The van der Waals surface area contributed by atoms with Gasteiger partial charge in [-0.25, -0.2) is 4.68 Å². The van der Waals surface area contributed by atoms with E-state index in [9.17, 15) is 14.4 Å². The third-order valence-electron chi connectivity index (χ3n) is 10.5. The minimum atomic E-state index is -0.0925. The van der Waals surface area contributed by atoms with Crippen molar-refractivity contribution in [3.8, 4) is 11.5 Å². The van der Waals surface area contributed by atoms with Crippen molar-refractivity contribution in [2.24, 2.45) is 17.6 Å². The summed E-state index contributed by atoms with van der Waals surface area (Å²) in [6, 6.07) is 4.52. The van der Waals surface area contributed by atoms with E-state index in [-0.39, 0.29) is 47.7 Å². The fourth-order valence-electron chi connectivity index (χ4n) is 8.15. The van der Waals surface area contributed by atoms with Gasteiger partial charge in [0.05, 0.1) is 26.5 Å². The summed E-state index contributed by atoms with van der Waals surface area (Å²) in [6.07, 6.45) is 10.9. The minimum Gasteiger partial charge on any atom is -0.493 e. The molecule has 3 aliphatic heterocycles. The predicted molar refractivity (Wildman–Crippen MR) is 172 cm³/mol. The lowest BCUT2D eigenvalue weighted by atomic mass is 9.77. The van der Waals surface area contributed by atoms with Crippen molar-refractivity contribution in [3.05, 3.63) is 35.2 Å². The number of carbonyl (C=O) groups excluding carboxylic acids is 3. The molecule has 3 fully saturated rings. The Morgan fingerprint density at radius 2 is 1.78 bits per heavy atom. The minimum absolute atomic E-state index is 0.0249. The molecule has 0 spiro atoms. The van der Waals surface area contributed by atoms with Crippen molar-refractivity contribution in [2.75, 3.05) is 40.4 Å². The Bertz CT molecular complexity index is 1400. The first kappa shape index (κ1) is 32.3. The van der Waals surface area contributed by atoms with Crippen molar-refractivity contribution in [1.29, 1.82) is 0 Å². The first-order chi connectivity index (χ1) is 22.3. The van der Waals surface area contributed by atoms with E-state index in [4.69, 9.17) is 15.2 Å². The topological polar surface area (TPSA) is 145 Å². The van der Waals surface area contributed by atoms with Crippen LogP contribution in [0.4, 0.5) is 0 Å². The molecular formula is C34H49N7O5. The highest BCUT2D eigenvalue weighted by atomic mass is 16.5. The second-order valence-electron chi connectivity index (χ2n) is 13.7. The molecule has 4 bridgehead atoms. The number of methoxy groups -OCH3 is 2. The van der Waals surface area contributed by atoms with Crippen molar-refractivity contribution < 1.29 is 23.9 Å². The second-order valence-corrected chi connectivity index (χ2v) is 13.7. The van der Waals surface area contributed by atoms with Gasteiger partial charge in [0.25, 0.3) is 5.91 Å². The van der Waals surface area contributed by atoms with Gasteiger partial charge in [-0.2, -0.15) is 0 Å². The van der Waals surface area contributed by atoms with E-state index >= 15 is 0 Å². The van der Waals surface area contributed by atoms with E-state index in [1.807, 2.05) is 15.6 Å². The third-order valence-corrected chi connectivity index (χ3v) is 10.5. The molecule has 1 aliphatic carbocycles. The molecule has 4 heterocycles. The van der Waals surface area contributed by atoms with Crippen LogP contribution in [0.1, 0.15) is 91.9 Å². The van der Waals surface area contributed by atoms with Crippen LogP contribution in [0.3, 0.4) is 0 Å². The van der Waals surface area contributed by atoms with E-state index in [0.717, 1.165) is 62.5 Å². The number of rotatable bonds is 4. The summed E-state index contributed by atoms with van der Waals surface area (Å²) in [5.74, 6) is 1.76. The van der Waals surface area contributed by atoms with E-state index in [1.165, 1.54) is 0 Å². The number of piperidine rings is 2. The summed E-state index contributed by atoms with van der Waals surface area (Å²) in [5.41, 5.74) is 8.51. The van der Waals surface area contributed by atoms with Gasteiger partial charge in [0.2, 0.25) is 11.8 Å². The molecule has 1 aromatic carbocycles. The molecular weight excluding hydrogens is 586 g/mol. The zero-order valence-corrected chi connectivity index (χ0v) is 27.3. The van der Waals surface area contributed by atoms with Gasteiger partial charge in [-0.3, -0.25) is 14.4 Å². The number of nitrogens with two attached hydrogens (primary N) is 1. The monoisotopic (exact) mass is 635 g/mol. The Kier molecular flexibility index (Phi) is 10.1. The number of nitrogens with zero attached hydrogens (tertiary/aromatic N) is 5. The summed E-state index contributed by atoms with van der Waals surface area (Å²) in [5, 5.41) is 11.7. The maximum absolute atomic E-state index is 13.9. The van der Waals surface area contributed by atoms with E-state index in [1.54, 1.807) is 20.4 Å². The number of nitrogens with one attached hydrogen (secondary N) is 1. The molecule has 0 unspecified atom stereocenters. The summed E-state index contributed by atoms with van der Waals surface area (Å²) < 4.78 is 13.2. The molecule has 1 aromatic heterocycles. The van der Waals surface area contributed by atoms with Crippen molar-refractivity contribution in [2.45, 2.75) is 95.2 Å². The fourth-order valence-corrected chi connectivity index (χ4v) is 8.15. The zero-order valence-electron chi connectivity index (χ0n) is 27.3. The molecule has 3 N–H and O–H groups in total. The number of aryl methyl sites for hydroxylation is 2. The summed E-state index contributed by atoms with van der Waals surface area (Å²) in [6.45, 7) is 2.36. The number of aromatic nitrogens is 3. The average molecular weight is 636 g/mol. The molecule has 12 heteroatoms. The molecule has 3 atom stereocenters. The molecule has 3 amide bonds. The molecule has 1 saturated carbocycles. The number of ether oxygens (including phenoxy) is 2. The molecule has 2 aromatic rings.